The highest BCUT2D eigenvalue weighted by atomic mass is 15.3. The van der Waals surface area contributed by atoms with Gasteiger partial charge in [-0.3, -0.25) is 4.90 Å². The Kier molecular flexibility index (Phi) is 3.59. The summed E-state index contributed by atoms with van der Waals surface area (Å²) in [6.45, 7) is 7.98. The van der Waals surface area contributed by atoms with Crippen LogP contribution < -0.4 is 10.2 Å². The van der Waals surface area contributed by atoms with E-state index in [2.05, 4.69) is 34.3 Å². The number of hydrogen-bond donors (Lipinski definition) is 1. The molecule has 0 bridgehead atoms. The van der Waals surface area contributed by atoms with Gasteiger partial charge in [-0.05, 0) is 56.3 Å². The molecule has 1 aliphatic carbocycles. The van der Waals surface area contributed by atoms with Crippen molar-refractivity contribution < 1.29 is 0 Å². The minimum absolute atomic E-state index is 0.760. The molecule has 4 heteroatoms. The quantitative estimate of drug-likeness (QED) is 0.916. The molecule has 1 aromatic rings. The summed E-state index contributed by atoms with van der Waals surface area (Å²) in [6, 6.07) is 3.84. The first-order chi connectivity index (χ1) is 10.3. The average molecular weight is 286 g/mol. The minimum atomic E-state index is 0.760. The Hall–Kier alpha value is -1.13. The summed E-state index contributed by atoms with van der Waals surface area (Å²) in [5, 5.41) is 3.57. The van der Waals surface area contributed by atoms with Crippen LogP contribution >= 0.6 is 0 Å². The van der Waals surface area contributed by atoms with Crippen LogP contribution in [0.1, 0.15) is 36.8 Å². The predicted molar refractivity (Wildman–Crippen MR) is 85.6 cm³/mol. The number of piperazine rings is 1. The van der Waals surface area contributed by atoms with Crippen LogP contribution in [0.2, 0.25) is 0 Å². The molecule has 1 unspecified atom stereocenters. The third-order valence-corrected chi connectivity index (χ3v) is 5.17. The standard InChI is InChI=1S/C17H26N4/c1-13-9-14(10-18-15-4-5-15)11-19-17(13)21-8-7-20-6-2-3-16(20)12-21/h9,11,15-16,18H,2-8,10,12H2,1H3. The molecule has 1 saturated carbocycles. The van der Waals surface area contributed by atoms with E-state index >= 15 is 0 Å². The molecule has 3 heterocycles. The predicted octanol–water partition coefficient (Wildman–Crippen LogP) is 1.93. The monoisotopic (exact) mass is 286 g/mol. The molecule has 2 aliphatic heterocycles. The lowest BCUT2D eigenvalue weighted by molar-refractivity contribution is 0.230. The van der Waals surface area contributed by atoms with Crippen LogP contribution in [0, 0.1) is 6.92 Å². The molecule has 0 amide bonds. The normalized spacial score (nSPS) is 26.1. The van der Waals surface area contributed by atoms with Gasteiger partial charge in [0.25, 0.3) is 0 Å². The van der Waals surface area contributed by atoms with E-state index in [1.807, 2.05) is 0 Å². The van der Waals surface area contributed by atoms with Crippen LogP contribution in [0.4, 0.5) is 5.82 Å². The van der Waals surface area contributed by atoms with Gasteiger partial charge < -0.3 is 10.2 Å². The summed E-state index contributed by atoms with van der Waals surface area (Å²) < 4.78 is 0. The van der Waals surface area contributed by atoms with Crippen LogP contribution in [0.15, 0.2) is 12.3 Å². The maximum atomic E-state index is 4.78. The lowest BCUT2D eigenvalue weighted by atomic mass is 10.1. The molecule has 4 rings (SSSR count). The van der Waals surface area contributed by atoms with Crippen molar-refractivity contribution in [1.29, 1.82) is 0 Å². The highest BCUT2D eigenvalue weighted by molar-refractivity contribution is 5.48. The van der Waals surface area contributed by atoms with Gasteiger partial charge in [0.1, 0.15) is 5.82 Å². The summed E-state index contributed by atoms with van der Waals surface area (Å²) in [6.07, 6.45) is 7.49. The number of pyridine rings is 1. The molecule has 1 atom stereocenters. The minimum Gasteiger partial charge on any atom is -0.354 e. The van der Waals surface area contributed by atoms with Gasteiger partial charge in [0, 0.05) is 44.5 Å². The van der Waals surface area contributed by atoms with Gasteiger partial charge >= 0.3 is 0 Å². The van der Waals surface area contributed by atoms with Crippen molar-refractivity contribution in [3.05, 3.63) is 23.4 Å². The van der Waals surface area contributed by atoms with Crippen LogP contribution in [0.5, 0.6) is 0 Å². The van der Waals surface area contributed by atoms with Crippen molar-refractivity contribution in [3.63, 3.8) is 0 Å². The Labute approximate surface area is 127 Å². The van der Waals surface area contributed by atoms with Crippen molar-refractivity contribution in [2.75, 3.05) is 31.1 Å². The zero-order valence-corrected chi connectivity index (χ0v) is 13.0. The largest absolute Gasteiger partial charge is 0.354 e. The second-order valence-corrected chi connectivity index (χ2v) is 6.92. The van der Waals surface area contributed by atoms with Crippen molar-refractivity contribution in [3.8, 4) is 0 Å². The number of hydrogen-bond acceptors (Lipinski definition) is 4. The molecular weight excluding hydrogens is 260 g/mol. The number of nitrogens with one attached hydrogen (secondary N) is 1. The highest BCUT2D eigenvalue weighted by Gasteiger charge is 2.31. The van der Waals surface area contributed by atoms with Crippen LogP contribution in [0.25, 0.3) is 0 Å². The van der Waals surface area contributed by atoms with Gasteiger partial charge in [0.05, 0.1) is 0 Å². The molecule has 0 spiro atoms. The summed E-state index contributed by atoms with van der Waals surface area (Å²) in [4.78, 5) is 9.93. The Morgan fingerprint density at radius 2 is 2.14 bits per heavy atom. The van der Waals surface area contributed by atoms with E-state index in [-0.39, 0.29) is 0 Å². The molecule has 1 N–H and O–H groups in total. The van der Waals surface area contributed by atoms with Crippen LogP contribution in [0.3, 0.4) is 0 Å². The Balaban J connectivity index is 1.44. The van der Waals surface area contributed by atoms with Gasteiger partial charge in [-0.15, -0.1) is 0 Å². The van der Waals surface area contributed by atoms with Gasteiger partial charge in [-0.25, -0.2) is 4.98 Å². The molecule has 4 nitrogen and oxygen atoms in total. The number of fused-ring (bicyclic) bond motifs is 1. The van der Waals surface area contributed by atoms with Crippen molar-refractivity contribution in [1.82, 2.24) is 15.2 Å². The van der Waals surface area contributed by atoms with Gasteiger partial charge in [0.2, 0.25) is 0 Å². The fraction of sp³-hybridized carbons (Fsp3) is 0.706. The summed E-state index contributed by atoms with van der Waals surface area (Å²) in [7, 11) is 0. The second-order valence-electron chi connectivity index (χ2n) is 6.92. The first kappa shape index (κ1) is 13.5. The molecular formula is C17H26N4. The first-order valence-electron chi connectivity index (χ1n) is 8.47. The lowest BCUT2D eigenvalue weighted by Gasteiger charge is -2.38. The van der Waals surface area contributed by atoms with Gasteiger partial charge in [-0.1, -0.05) is 0 Å². The molecule has 21 heavy (non-hydrogen) atoms. The summed E-state index contributed by atoms with van der Waals surface area (Å²) in [5.41, 5.74) is 2.65. The van der Waals surface area contributed by atoms with E-state index in [1.54, 1.807) is 0 Å². The van der Waals surface area contributed by atoms with E-state index in [9.17, 15) is 0 Å². The average Bonchev–Trinajstić information content (AvgIpc) is 3.21. The number of rotatable bonds is 4. The maximum absolute atomic E-state index is 4.78. The molecule has 3 aliphatic rings. The number of aromatic nitrogens is 1. The number of nitrogens with zero attached hydrogens (tertiary/aromatic N) is 3. The second kappa shape index (κ2) is 5.58. The molecule has 114 valence electrons. The van der Waals surface area contributed by atoms with Crippen LogP contribution in [-0.4, -0.2) is 48.1 Å². The van der Waals surface area contributed by atoms with Crippen molar-refractivity contribution in [2.24, 2.45) is 0 Å². The van der Waals surface area contributed by atoms with Crippen molar-refractivity contribution >= 4 is 5.82 Å². The molecule has 0 aromatic carbocycles. The van der Waals surface area contributed by atoms with Crippen molar-refractivity contribution in [2.45, 2.75) is 51.2 Å². The number of anilines is 1. The SMILES string of the molecule is Cc1cc(CNC2CC2)cnc1N1CCN2CCCC2C1. The fourth-order valence-corrected chi connectivity index (χ4v) is 3.79. The van der Waals surface area contributed by atoms with E-state index in [4.69, 9.17) is 4.98 Å². The smallest absolute Gasteiger partial charge is 0.131 e. The first-order valence-corrected chi connectivity index (χ1v) is 8.47. The van der Waals surface area contributed by atoms with E-state index in [1.165, 1.54) is 55.7 Å². The van der Waals surface area contributed by atoms with Gasteiger partial charge in [0.15, 0.2) is 0 Å². The highest BCUT2D eigenvalue weighted by Crippen LogP contribution is 2.26. The molecule has 3 fully saturated rings. The lowest BCUT2D eigenvalue weighted by Crippen LogP contribution is -2.50. The third-order valence-electron chi connectivity index (χ3n) is 5.17. The topological polar surface area (TPSA) is 31.4 Å². The van der Waals surface area contributed by atoms with E-state index < -0.39 is 0 Å². The summed E-state index contributed by atoms with van der Waals surface area (Å²) in [5.74, 6) is 1.21. The Morgan fingerprint density at radius 3 is 2.95 bits per heavy atom. The zero-order valence-electron chi connectivity index (χ0n) is 13.0. The molecule has 2 saturated heterocycles. The number of aryl methyl sites for hydroxylation is 1. The van der Waals surface area contributed by atoms with Gasteiger partial charge in [-0.2, -0.15) is 0 Å². The third kappa shape index (κ3) is 2.92. The fourth-order valence-electron chi connectivity index (χ4n) is 3.79. The maximum Gasteiger partial charge on any atom is 0.131 e. The van der Waals surface area contributed by atoms with E-state index in [0.29, 0.717) is 0 Å². The Bertz CT molecular complexity index is 512. The van der Waals surface area contributed by atoms with E-state index in [0.717, 1.165) is 31.7 Å². The molecule has 0 radical (unpaired) electrons. The molecule has 1 aromatic heterocycles. The zero-order chi connectivity index (χ0) is 14.2. The summed E-state index contributed by atoms with van der Waals surface area (Å²) >= 11 is 0. The van der Waals surface area contributed by atoms with Crippen LogP contribution in [-0.2, 0) is 6.54 Å². The Morgan fingerprint density at radius 1 is 1.24 bits per heavy atom.